The van der Waals surface area contributed by atoms with Crippen LogP contribution in [0.3, 0.4) is 0 Å². The van der Waals surface area contributed by atoms with Crippen LogP contribution in [0.5, 0.6) is 0 Å². The van der Waals surface area contributed by atoms with E-state index in [0.717, 1.165) is 49.1 Å². The lowest BCUT2D eigenvalue weighted by atomic mass is 10.2. The smallest absolute Gasteiger partial charge is 0.238 e. The average molecular weight is 427 g/mol. The zero-order valence-corrected chi connectivity index (χ0v) is 18.4. The molecule has 2 aromatic rings. The van der Waals surface area contributed by atoms with Crippen molar-refractivity contribution in [3.63, 3.8) is 0 Å². The molecule has 1 amide bonds. The van der Waals surface area contributed by atoms with E-state index in [4.69, 9.17) is 0 Å². The van der Waals surface area contributed by atoms with Gasteiger partial charge in [-0.1, -0.05) is 12.1 Å². The van der Waals surface area contributed by atoms with E-state index < -0.39 is 0 Å². The van der Waals surface area contributed by atoms with Crippen molar-refractivity contribution in [3.8, 4) is 0 Å². The number of nitrogens with one attached hydrogen (secondary N) is 2. The van der Waals surface area contributed by atoms with Gasteiger partial charge in [-0.2, -0.15) is 0 Å². The van der Waals surface area contributed by atoms with Crippen molar-refractivity contribution in [1.82, 2.24) is 15.1 Å². The van der Waals surface area contributed by atoms with Crippen LogP contribution in [0.2, 0.25) is 0 Å². The third-order valence-electron chi connectivity index (χ3n) is 5.10. The molecule has 1 aliphatic rings. The Hall–Kier alpha value is -3.13. The van der Waals surface area contributed by atoms with Crippen LogP contribution in [-0.2, 0) is 11.3 Å². The van der Waals surface area contributed by atoms with E-state index in [2.05, 4.69) is 25.4 Å². The molecule has 0 aromatic heterocycles. The molecule has 1 aliphatic heterocycles. The maximum Gasteiger partial charge on any atom is 0.238 e. The molecule has 7 nitrogen and oxygen atoms in total. The SMILES string of the molecule is CN=C(NCc1cccc(NC(=O)CN(C)C)c1)N1CCN(c2ccc(F)cc2)CC1. The van der Waals surface area contributed by atoms with E-state index in [1.807, 2.05) is 55.4 Å². The van der Waals surface area contributed by atoms with Crippen molar-refractivity contribution >= 4 is 23.2 Å². The molecule has 0 saturated carbocycles. The number of carbonyl (C=O) groups excluding carboxylic acids is 1. The van der Waals surface area contributed by atoms with Gasteiger partial charge in [0.25, 0.3) is 0 Å². The van der Waals surface area contributed by atoms with E-state index in [9.17, 15) is 9.18 Å². The largest absolute Gasteiger partial charge is 0.368 e. The fourth-order valence-corrected chi connectivity index (χ4v) is 3.59. The summed E-state index contributed by atoms with van der Waals surface area (Å²) in [7, 11) is 5.52. The van der Waals surface area contributed by atoms with Gasteiger partial charge < -0.3 is 25.3 Å². The Morgan fingerprint density at radius 2 is 1.81 bits per heavy atom. The number of nitrogens with zero attached hydrogens (tertiary/aromatic N) is 4. The van der Waals surface area contributed by atoms with Gasteiger partial charge >= 0.3 is 0 Å². The number of amides is 1. The molecule has 2 N–H and O–H groups in total. The number of halogens is 1. The molecule has 1 saturated heterocycles. The first-order valence-electron chi connectivity index (χ1n) is 10.4. The predicted molar refractivity (Wildman–Crippen MR) is 124 cm³/mol. The van der Waals surface area contributed by atoms with Gasteiger partial charge in [-0.15, -0.1) is 0 Å². The van der Waals surface area contributed by atoms with Gasteiger partial charge in [0, 0.05) is 51.1 Å². The van der Waals surface area contributed by atoms with Gasteiger partial charge in [-0.3, -0.25) is 9.79 Å². The highest BCUT2D eigenvalue weighted by atomic mass is 19.1. The number of carbonyl (C=O) groups is 1. The second-order valence-corrected chi connectivity index (χ2v) is 7.84. The van der Waals surface area contributed by atoms with E-state index in [0.29, 0.717) is 13.1 Å². The van der Waals surface area contributed by atoms with Gasteiger partial charge in [0.15, 0.2) is 5.96 Å². The normalized spacial score (nSPS) is 14.7. The third kappa shape index (κ3) is 6.68. The summed E-state index contributed by atoms with van der Waals surface area (Å²) in [4.78, 5) is 22.7. The number of likely N-dealkylation sites (N-methyl/N-ethyl adjacent to an activating group) is 1. The highest BCUT2D eigenvalue weighted by Gasteiger charge is 2.19. The van der Waals surface area contributed by atoms with E-state index in [1.54, 1.807) is 7.05 Å². The van der Waals surface area contributed by atoms with Gasteiger partial charge in [0.05, 0.1) is 6.54 Å². The fraction of sp³-hybridized carbons (Fsp3) is 0.391. The first-order chi connectivity index (χ1) is 14.9. The first-order valence-corrected chi connectivity index (χ1v) is 10.4. The van der Waals surface area contributed by atoms with Crippen LogP contribution in [0.1, 0.15) is 5.56 Å². The molecule has 0 atom stereocenters. The van der Waals surface area contributed by atoms with E-state index >= 15 is 0 Å². The molecule has 0 unspecified atom stereocenters. The molecule has 8 heteroatoms. The summed E-state index contributed by atoms with van der Waals surface area (Å²) in [5, 5.41) is 6.34. The number of anilines is 2. The van der Waals surface area contributed by atoms with Crippen LogP contribution in [-0.4, -0.2) is 75.5 Å². The number of rotatable bonds is 6. The zero-order chi connectivity index (χ0) is 22.2. The Bertz CT molecular complexity index is 891. The minimum atomic E-state index is -0.215. The molecule has 1 fully saturated rings. The summed E-state index contributed by atoms with van der Waals surface area (Å²) in [6.07, 6.45) is 0. The van der Waals surface area contributed by atoms with E-state index in [-0.39, 0.29) is 11.7 Å². The first kappa shape index (κ1) is 22.6. The Morgan fingerprint density at radius 3 is 2.45 bits per heavy atom. The monoisotopic (exact) mass is 426 g/mol. The van der Waals surface area contributed by atoms with Crippen molar-refractivity contribution in [2.45, 2.75) is 6.54 Å². The van der Waals surface area contributed by atoms with Crippen LogP contribution in [0.25, 0.3) is 0 Å². The highest BCUT2D eigenvalue weighted by Crippen LogP contribution is 2.17. The predicted octanol–water partition coefficient (Wildman–Crippen LogP) is 2.22. The summed E-state index contributed by atoms with van der Waals surface area (Å²) in [6.45, 7) is 4.32. The van der Waals surface area contributed by atoms with Crippen LogP contribution in [0.15, 0.2) is 53.5 Å². The van der Waals surface area contributed by atoms with Gasteiger partial charge in [-0.05, 0) is 56.1 Å². The lowest BCUT2D eigenvalue weighted by molar-refractivity contribution is -0.116. The summed E-state index contributed by atoms with van der Waals surface area (Å²) in [6, 6.07) is 14.5. The van der Waals surface area contributed by atoms with Crippen LogP contribution in [0, 0.1) is 5.82 Å². The minimum Gasteiger partial charge on any atom is -0.368 e. The average Bonchev–Trinajstić information content (AvgIpc) is 2.75. The van der Waals surface area contributed by atoms with Crippen LogP contribution >= 0.6 is 0 Å². The molecule has 3 rings (SSSR count). The second-order valence-electron chi connectivity index (χ2n) is 7.84. The van der Waals surface area contributed by atoms with Gasteiger partial charge in [-0.25, -0.2) is 4.39 Å². The maximum atomic E-state index is 13.2. The summed E-state index contributed by atoms with van der Waals surface area (Å²) in [5.41, 5.74) is 2.89. The number of guanidine groups is 1. The molecule has 1 heterocycles. The summed E-state index contributed by atoms with van der Waals surface area (Å²) < 4.78 is 13.2. The van der Waals surface area contributed by atoms with Gasteiger partial charge in [0.2, 0.25) is 5.91 Å². The number of piperazine rings is 1. The molecule has 31 heavy (non-hydrogen) atoms. The Morgan fingerprint density at radius 1 is 1.10 bits per heavy atom. The Balaban J connectivity index is 1.51. The summed E-state index contributed by atoms with van der Waals surface area (Å²) >= 11 is 0. The second kappa shape index (κ2) is 10.8. The molecule has 0 radical (unpaired) electrons. The van der Waals surface area contributed by atoms with Crippen LogP contribution < -0.4 is 15.5 Å². The fourth-order valence-electron chi connectivity index (χ4n) is 3.59. The number of hydrogen-bond donors (Lipinski definition) is 2. The molecule has 0 aliphatic carbocycles. The zero-order valence-electron chi connectivity index (χ0n) is 18.4. The highest BCUT2D eigenvalue weighted by molar-refractivity contribution is 5.92. The standard InChI is InChI=1S/C23H31FN6O/c1-25-23(30-13-11-29(12-14-30)21-9-7-19(24)8-10-21)26-16-18-5-4-6-20(15-18)27-22(31)17-28(2)3/h4-10,15H,11-14,16-17H2,1-3H3,(H,25,26)(H,27,31). The Labute approximate surface area is 183 Å². The molecule has 0 bridgehead atoms. The number of benzene rings is 2. The summed E-state index contributed by atoms with van der Waals surface area (Å²) in [5.74, 6) is 0.596. The van der Waals surface area contributed by atoms with Crippen molar-refractivity contribution in [3.05, 3.63) is 59.9 Å². The molecular weight excluding hydrogens is 395 g/mol. The molecule has 166 valence electrons. The van der Waals surface area contributed by atoms with Crippen molar-refractivity contribution < 1.29 is 9.18 Å². The lowest BCUT2D eigenvalue weighted by Gasteiger charge is -2.37. The molecule has 0 spiro atoms. The number of hydrogen-bond acceptors (Lipinski definition) is 4. The third-order valence-corrected chi connectivity index (χ3v) is 5.10. The van der Waals surface area contributed by atoms with Crippen molar-refractivity contribution in [2.75, 3.05) is 64.1 Å². The van der Waals surface area contributed by atoms with Crippen molar-refractivity contribution in [1.29, 1.82) is 0 Å². The quantitative estimate of drug-likeness (QED) is 0.548. The number of aliphatic imine (C=N–C) groups is 1. The van der Waals surface area contributed by atoms with Crippen molar-refractivity contribution in [2.24, 2.45) is 4.99 Å². The minimum absolute atomic E-state index is 0.0371. The van der Waals surface area contributed by atoms with Gasteiger partial charge in [0.1, 0.15) is 5.82 Å². The Kier molecular flexibility index (Phi) is 7.83. The molecule has 2 aromatic carbocycles. The maximum absolute atomic E-state index is 13.2. The van der Waals surface area contributed by atoms with E-state index in [1.165, 1.54) is 12.1 Å². The molecular formula is C23H31FN6O. The van der Waals surface area contributed by atoms with Crippen LogP contribution in [0.4, 0.5) is 15.8 Å². The lowest BCUT2D eigenvalue weighted by Crippen LogP contribution is -2.52. The topological polar surface area (TPSA) is 63.2 Å².